The molecular weight excluding hydrogens is 2410 g/mol. The van der Waals surface area contributed by atoms with Crippen LogP contribution in [0.15, 0.2) is 187 Å². The molecule has 8 aromatic carbocycles. The number of aromatic nitrogens is 4. The fraction of sp³-hybridized carbons (Fsp3) is 0.405. The predicted molar refractivity (Wildman–Crippen MR) is 565 cm³/mol. The van der Waals surface area contributed by atoms with E-state index in [0.717, 1.165) is 67.1 Å². The van der Waals surface area contributed by atoms with Gasteiger partial charge in [-0.05, 0) is 190 Å². The van der Waals surface area contributed by atoms with Crippen molar-refractivity contribution >= 4 is 66.7 Å². The number of carbonyl (C=O) groups excluding carboxylic acids is 4. The monoisotopic (exact) mass is 2560 g/mol. The third kappa shape index (κ3) is 38.4. The zero-order valence-electron chi connectivity index (χ0n) is 89.6. The van der Waals surface area contributed by atoms with E-state index >= 15 is 0 Å². The maximum absolute atomic E-state index is 10.0. The summed E-state index contributed by atoms with van der Waals surface area (Å²) in [7, 11) is 0. The Morgan fingerprint density at radius 3 is 0.832 bits per heavy atom. The zero-order chi connectivity index (χ0) is 101. The molecule has 137 heavy (non-hydrogen) atoms. The van der Waals surface area contributed by atoms with Crippen LogP contribution in [0.25, 0.3) is 88.6 Å². The van der Waals surface area contributed by atoms with Crippen molar-refractivity contribution in [2.24, 2.45) is 0 Å². The second-order valence-corrected chi connectivity index (χ2v) is 44.0. The van der Waals surface area contributed by atoms with E-state index in [4.69, 9.17) is 40.4 Å². The Kier molecular flexibility index (Phi) is 47.6. The van der Waals surface area contributed by atoms with Gasteiger partial charge in [0, 0.05) is 126 Å². The van der Waals surface area contributed by atoms with Gasteiger partial charge in [-0.3, -0.25) is 39.1 Å². The molecule has 0 spiro atoms. The summed E-state index contributed by atoms with van der Waals surface area (Å²) >= 11 is 0. The molecule has 0 fully saturated rings. The largest absolute Gasteiger partial charge is 0.512 e. The van der Waals surface area contributed by atoms with E-state index in [0.29, 0.717) is 0 Å². The van der Waals surface area contributed by atoms with Gasteiger partial charge in [0.25, 0.3) is 0 Å². The van der Waals surface area contributed by atoms with Gasteiger partial charge in [0.05, 0.1) is 45.1 Å². The van der Waals surface area contributed by atoms with Crippen molar-refractivity contribution in [2.75, 3.05) is 0 Å². The summed E-state index contributed by atoms with van der Waals surface area (Å²) in [5.74, 6) is -0.250. The molecule has 0 aliphatic carbocycles. The van der Waals surface area contributed by atoms with Gasteiger partial charge in [-0.2, -0.15) is 0 Å². The summed E-state index contributed by atoms with van der Waals surface area (Å²) in [4.78, 5) is 60.3. The van der Waals surface area contributed by atoms with Crippen molar-refractivity contribution in [1.82, 2.24) is 19.9 Å². The van der Waals surface area contributed by atoms with Crippen LogP contribution in [-0.2, 0) is 143 Å². The van der Waals surface area contributed by atoms with E-state index in [9.17, 15) is 19.2 Å². The van der Waals surface area contributed by atoms with Crippen molar-refractivity contribution in [3.63, 3.8) is 0 Å². The summed E-state index contributed by atoms with van der Waals surface area (Å²) in [6.45, 7) is 85.1. The number of aliphatic hydroxyl groups excluding tert-OH is 4. The minimum absolute atomic E-state index is 0. The van der Waals surface area contributed by atoms with Crippen LogP contribution in [0.3, 0.4) is 0 Å². The van der Waals surface area contributed by atoms with Crippen LogP contribution in [0.5, 0.6) is 0 Å². The number of hydrogen-bond acceptors (Lipinski definition) is 12. The fourth-order valence-electron chi connectivity index (χ4n) is 14.9. The molecule has 4 aromatic heterocycles. The van der Waals surface area contributed by atoms with E-state index in [2.05, 4.69) is 380 Å². The molecule has 4 heterocycles. The number of nitrogens with zero attached hydrogens (tertiary/aromatic N) is 4. The number of allylic oxidation sites excluding steroid dienone is 8. The smallest absolute Gasteiger partial charge is 0.155 e. The number of ketones is 4. The van der Waals surface area contributed by atoms with Gasteiger partial charge in [0.1, 0.15) is 0 Å². The van der Waals surface area contributed by atoms with E-state index in [1.807, 2.05) is 12.1 Å². The first kappa shape index (κ1) is 126. The molecule has 0 aliphatic rings. The molecule has 12 aromatic rings. The second-order valence-electron chi connectivity index (χ2n) is 44.0. The number of pyridine rings is 4. The number of carbonyl (C=O) groups is 4. The van der Waals surface area contributed by atoms with Crippen LogP contribution >= 0.6 is 0 Å². The first-order valence-electron chi connectivity index (χ1n) is 46.1. The van der Waals surface area contributed by atoms with Crippen molar-refractivity contribution in [3.8, 4) is 45.0 Å². The SMILES string of the molecule is CC(=O)C=C(C)O.CC(=O)C=C(C)O.CC(=O)C=C(C)O.CC(=O)C=C(C)O.Cc1[c-]c(-c2ccc3c(C(C)(C)C)cc(C(C)(C)C)cc3n2)c(C)cc1C.Cc1c[c-]c(-c2ccc3c(C(C)(C)C)cc(C(C)(C)C)cc3n2)c(C)c1.Cc1c[c-]c(-c2ccc3c(C(C)(C)C)cc(C(C)(C)C)cc3n2)cc1C.Cc1cc[c-]c(-c2ccc3c(C(C)(C)C)cc(C(C)(C)C)cc3n2)c1C.[Ir].[Ir].[Ir].[Ir]. The molecule has 0 aliphatic heterocycles. The first-order chi connectivity index (χ1) is 60.8. The summed E-state index contributed by atoms with van der Waals surface area (Å²) < 4.78 is 0. The summed E-state index contributed by atoms with van der Waals surface area (Å²) in [5, 5.41) is 38.4. The number of hydrogen-bond donors (Lipinski definition) is 4. The van der Waals surface area contributed by atoms with Crippen molar-refractivity contribution < 1.29 is 120 Å². The molecule has 0 saturated carbocycles. The molecule has 0 atom stereocenters. The minimum Gasteiger partial charge on any atom is -0.512 e. The Morgan fingerprint density at radius 1 is 0.277 bits per heavy atom. The molecule has 0 unspecified atom stereocenters. The molecule has 4 radical (unpaired) electrons. The number of fused-ring (bicyclic) bond motifs is 4. The fourth-order valence-corrected chi connectivity index (χ4v) is 14.9. The summed E-state index contributed by atoms with van der Waals surface area (Å²) in [6.07, 6.45) is 4.67. The normalized spacial score (nSPS) is 12.0. The van der Waals surface area contributed by atoms with Crippen molar-refractivity contribution in [1.29, 1.82) is 0 Å². The minimum atomic E-state index is -0.125. The zero-order valence-corrected chi connectivity index (χ0v) is 99.2. The molecule has 16 heteroatoms. The first-order valence-corrected chi connectivity index (χ1v) is 46.1. The Labute approximate surface area is 877 Å². The molecule has 746 valence electrons. The molecule has 12 nitrogen and oxygen atoms in total. The van der Waals surface area contributed by atoms with Gasteiger partial charge >= 0.3 is 0 Å². The molecule has 12 rings (SSSR count). The molecular formula is C121H154Ir4N4O8-4. The maximum atomic E-state index is 10.0. The van der Waals surface area contributed by atoms with E-state index in [-0.39, 0.29) is 170 Å². The predicted octanol–water partition coefficient (Wildman–Crippen LogP) is 32.1. The Hall–Kier alpha value is -9.16. The van der Waals surface area contributed by atoms with E-state index < -0.39 is 0 Å². The van der Waals surface area contributed by atoms with Crippen LogP contribution < -0.4 is 0 Å². The van der Waals surface area contributed by atoms with Gasteiger partial charge in [-0.15, -0.1) is 139 Å². The van der Waals surface area contributed by atoms with Crippen molar-refractivity contribution in [3.05, 3.63) is 306 Å². The topological polar surface area (TPSA) is 201 Å². The summed E-state index contributed by atoms with van der Waals surface area (Å²) in [6, 6.07) is 64.6. The Bertz CT molecular complexity index is 6240. The Morgan fingerprint density at radius 2 is 0.562 bits per heavy atom. The molecule has 0 amide bonds. The van der Waals surface area contributed by atoms with Gasteiger partial charge in [-0.25, -0.2) is 0 Å². The van der Waals surface area contributed by atoms with Crippen LogP contribution in [-0.4, -0.2) is 63.5 Å². The number of aryl methyl sites for hydroxylation is 8. The van der Waals surface area contributed by atoms with Crippen molar-refractivity contribution in [2.45, 2.75) is 327 Å². The third-order valence-electron chi connectivity index (χ3n) is 22.6. The van der Waals surface area contributed by atoms with E-state index in [1.165, 1.54) is 196 Å². The van der Waals surface area contributed by atoms with Gasteiger partial charge in [-0.1, -0.05) is 301 Å². The average molecular weight is 2560 g/mol. The van der Waals surface area contributed by atoms with Crippen LogP contribution in [0.1, 0.15) is 316 Å². The van der Waals surface area contributed by atoms with Crippen LogP contribution in [0, 0.1) is 86.6 Å². The molecule has 4 N–H and O–H groups in total. The molecule has 0 bridgehead atoms. The van der Waals surface area contributed by atoms with Gasteiger partial charge < -0.3 is 20.4 Å². The van der Waals surface area contributed by atoms with Gasteiger partial charge in [0.15, 0.2) is 23.1 Å². The number of aliphatic hydroxyl groups is 4. The van der Waals surface area contributed by atoms with Crippen LogP contribution in [0.2, 0.25) is 0 Å². The standard InChI is InChI=1S/C26H32N.3C25H30N.4C5H8O2.4Ir/c1-16-12-18(3)21(13-17(16)2)23-11-10-20-22(26(7,8)9)14-19(25(4,5)6)15-24(20)27-23;1-16-9-10-18(13-17(16)2)22-12-11-20-21(25(6,7)8)14-19(24(3,4)5)15-23(20)26-22;1-16-9-10-19(17(2)13-16)22-12-11-20-21(25(6,7)8)14-18(24(3,4)5)15-23(20)26-22;1-16-10-9-11-19(17(16)2)22-13-12-20-21(25(6,7)8)14-18(24(3,4)5)15-23(20)26-22;4*1-4(6)3-5(2)7;;;;/h10-12,14-15H,1-9H3;2*9,11-15H,1-8H3;9-10,12-15H,1-8H3;4*3,6H,1-2H3;;;;/q4*-1;;;;;;;;. The van der Waals surface area contributed by atoms with Crippen LogP contribution in [0.4, 0.5) is 0 Å². The maximum Gasteiger partial charge on any atom is 0.155 e. The quantitative estimate of drug-likeness (QED) is 0.0638. The third-order valence-corrected chi connectivity index (χ3v) is 22.6. The second kappa shape index (κ2) is 51.8. The summed E-state index contributed by atoms with van der Waals surface area (Å²) in [5.41, 5.74) is 35.4. The number of rotatable bonds is 8. The molecule has 0 saturated heterocycles. The Balaban J connectivity index is 0.000000825. The number of benzene rings is 8. The van der Waals surface area contributed by atoms with E-state index in [1.54, 1.807) is 0 Å². The average Bonchev–Trinajstić information content (AvgIpc) is 0.776. The van der Waals surface area contributed by atoms with Gasteiger partial charge in [0.2, 0.25) is 0 Å².